The predicted molar refractivity (Wildman–Crippen MR) is 101 cm³/mol. The van der Waals surface area contributed by atoms with E-state index < -0.39 is 0 Å². The maximum absolute atomic E-state index is 12.7. The summed E-state index contributed by atoms with van der Waals surface area (Å²) in [5.74, 6) is -0.238. The minimum atomic E-state index is -0.238. The third-order valence-corrected chi connectivity index (χ3v) is 4.28. The Morgan fingerprint density at radius 2 is 1.60 bits per heavy atom. The molecular weight excluding hydrogens is 312 g/mol. The Labute approximate surface area is 144 Å². The number of carbonyl (C=O) groups is 1. The summed E-state index contributed by atoms with van der Waals surface area (Å²) in [6.45, 7) is 1.99. The first-order chi connectivity index (χ1) is 12.1. The largest absolute Gasteiger partial charge is 0.354 e. The normalized spacial score (nSPS) is 10.9. The fourth-order valence-corrected chi connectivity index (χ4v) is 2.90. The van der Waals surface area contributed by atoms with Gasteiger partial charge in [-0.05, 0) is 49.4 Å². The van der Waals surface area contributed by atoms with Gasteiger partial charge in [0.25, 0.3) is 5.91 Å². The molecule has 2 N–H and O–H groups in total. The number of fused-ring (bicyclic) bond motifs is 2. The lowest BCUT2D eigenvalue weighted by Gasteiger charge is -2.07. The zero-order chi connectivity index (χ0) is 17.4. The molecule has 25 heavy (non-hydrogen) atoms. The zero-order valence-corrected chi connectivity index (χ0v) is 13.7. The van der Waals surface area contributed by atoms with E-state index in [0.717, 1.165) is 22.3 Å². The van der Waals surface area contributed by atoms with Crippen LogP contribution < -0.4 is 10.7 Å². The molecule has 0 aliphatic carbocycles. The van der Waals surface area contributed by atoms with Crippen molar-refractivity contribution in [1.82, 2.24) is 4.98 Å². The second-order valence-corrected chi connectivity index (χ2v) is 6.08. The number of aromatic nitrogens is 1. The van der Waals surface area contributed by atoms with Gasteiger partial charge in [-0.3, -0.25) is 9.59 Å². The molecule has 0 spiro atoms. The highest BCUT2D eigenvalue weighted by atomic mass is 16.1. The second-order valence-electron chi connectivity index (χ2n) is 6.08. The van der Waals surface area contributed by atoms with Gasteiger partial charge in [-0.15, -0.1) is 0 Å². The Kier molecular flexibility index (Phi) is 3.58. The van der Waals surface area contributed by atoms with Crippen molar-refractivity contribution in [3.05, 3.63) is 88.1 Å². The highest BCUT2D eigenvalue weighted by Gasteiger charge is 2.10. The van der Waals surface area contributed by atoms with Crippen LogP contribution in [0.1, 0.15) is 15.9 Å². The average Bonchev–Trinajstić information content (AvgIpc) is 2.63. The summed E-state index contributed by atoms with van der Waals surface area (Å²) in [5.41, 5.74) is 3.74. The molecule has 0 unspecified atom stereocenters. The Morgan fingerprint density at radius 1 is 0.880 bits per heavy atom. The fraction of sp³-hybridized carbons (Fsp3) is 0.0476. The molecule has 0 fully saturated rings. The fourth-order valence-electron chi connectivity index (χ4n) is 2.90. The van der Waals surface area contributed by atoms with Gasteiger partial charge in [-0.25, -0.2) is 0 Å². The molecule has 0 saturated heterocycles. The van der Waals surface area contributed by atoms with Crippen LogP contribution in [0.2, 0.25) is 0 Å². The van der Waals surface area contributed by atoms with E-state index in [1.807, 2.05) is 49.4 Å². The van der Waals surface area contributed by atoms with Gasteiger partial charge >= 0.3 is 0 Å². The highest BCUT2D eigenvalue weighted by Crippen LogP contribution is 2.17. The maximum Gasteiger partial charge on any atom is 0.255 e. The van der Waals surface area contributed by atoms with Gasteiger partial charge in [0.1, 0.15) is 0 Å². The number of hydrogen-bond donors (Lipinski definition) is 2. The van der Waals surface area contributed by atoms with E-state index in [-0.39, 0.29) is 11.3 Å². The molecule has 4 heteroatoms. The molecule has 1 aromatic heterocycles. The van der Waals surface area contributed by atoms with Gasteiger partial charge in [-0.2, -0.15) is 0 Å². The topological polar surface area (TPSA) is 62.0 Å². The lowest BCUT2D eigenvalue weighted by molar-refractivity contribution is 0.102. The number of anilines is 1. The zero-order valence-electron chi connectivity index (χ0n) is 13.7. The van der Waals surface area contributed by atoms with Crippen molar-refractivity contribution >= 4 is 33.4 Å². The number of para-hydroxylation sites is 1. The van der Waals surface area contributed by atoms with Gasteiger partial charge in [-0.1, -0.05) is 29.8 Å². The number of benzene rings is 3. The smallest absolute Gasteiger partial charge is 0.255 e. The van der Waals surface area contributed by atoms with Crippen LogP contribution >= 0.6 is 0 Å². The van der Waals surface area contributed by atoms with E-state index in [0.29, 0.717) is 16.3 Å². The average molecular weight is 328 g/mol. The quantitative estimate of drug-likeness (QED) is 0.541. The Bertz CT molecular complexity index is 1160. The lowest BCUT2D eigenvalue weighted by Crippen LogP contribution is -2.13. The number of carbonyl (C=O) groups excluding carboxylic acids is 1. The van der Waals surface area contributed by atoms with Crippen LogP contribution in [0.15, 0.2) is 71.5 Å². The van der Waals surface area contributed by atoms with Crippen molar-refractivity contribution < 1.29 is 4.79 Å². The van der Waals surface area contributed by atoms with Crippen molar-refractivity contribution in [3.8, 4) is 0 Å². The maximum atomic E-state index is 12.7. The number of hydrogen-bond acceptors (Lipinski definition) is 2. The van der Waals surface area contributed by atoms with Gasteiger partial charge in [0, 0.05) is 33.1 Å². The second kappa shape index (κ2) is 5.91. The molecule has 1 amide bonds. The minimum Gasteiger partial charge on any atom is -0.354 e. The van der Waals surface area contributed by atoms with Crippen LogP contribution in [-0.2, 0) is 0 Å². The van der Waals surface area contributed by atoms with Crippen molar-refractivity contribution in [1.29, 1.82) is 0 Å². The SMILES string of the molecule is Cc1ccc(NC(=O)c2ccc3[nH]c4ccccc4c(=O)c3c2)cc1. The van der Waals surface area contributed by atoms with Crippen molar-refractivity contribution in [2.45, 2.75) is 6.92 Å². The molecule has 0 bridgehead atoms. The van der Waals surface area contributed by atoms with E-state index in [1.165, 1.54) is 0 Å². The standard InChI is InChI=1S/C21H16N2O2/c1-13-6-9-15(10-7-13)22-21(25)14-8-11-19-17(12-14)20(24)16-4-2-3-5-18(16)23-19/h2-12H,1H3,(H,22,25)(H,23,24). The molecule has 4 rings (SSSR count). The summed E-state index contributed by atoms with van der Waals surface area (Å²) in [6, 6.07) is 20.1. The molecule has 122 valence electrons. The van der Waals surface area contributed by atoms with Crippen LogP contribution in [0.3, 0.4) is 0 Å². The summed E-state index contributed by atoms with van der Waals surface area (Å²) in [6.07, 6.45) is 0. The Morgan fingerprint density at radius 3 is 2.40 bits per heavy atom. The number of amides is 1. The number of H-pyrrole nitrogens is 1. The highest BCUT2D eigenvalue weighted by molar-refractivity contribution is 6.06. The van der Waals surface area contributed by atoms with Crippen molar-refractivity contribution in [2.75, 3.05) is 5.32 Å². The van der Waals surface area contributed by atoms with Gasteiger partial charge < -0.3 is 10.3 Å². The van der Waals surface area contributed by atoms with Crippen molar-refractivity contribution in [3.63, 3.8) is 0 Å². The number of aromatic amines is 1. The minimum absolute atomic E-state index is 0.0747. The van der Waals surface area contributed by atoms with E-state index in [2.05, 4.69) is 10.3 Å². The Hall–Kier alpha value is -3.40. The first-order valence-electron chi connectivity index (χ1n) is 8.04. The van der Waals surface area contributed by atoms with Gasteiger partial charge in [0.15, 0.2) is 5.43 Å². The number of nitrogens with one attached hydrogen (secondary N) is 2. The van der Waals surface area contributed by atoms with Crippen LogP contribution in [0.25, 0.3) is 21.8 Å². The molecule has 3 aromatic carbocycles. The van der Waals surface area contributed by atoms with E-state index in [4.69, 9.17) is 0 Å². The molecule has 4 aromatic rings. The molecule has 0 atom stereocenters. The number of pyridine rings is 1. The van der Waals surface area contributed by atoms with Gasteiger partial charge in [0.2, 0.25) is 0 Å². The van der Waals surface area contributed by atoms with Crippen LogP contribution in [0, 0.1) is 6.92 Å². The monoisotopic (exact) mass is 328 g/mol. The molecule has 1 heterocycles. The summed E-state index contributed by atoms with van der Waals surface area (Å²) in [4.78, 5) is 28.4. The van der Waals surface area contributed by atoms with E-state index >= 15 is 0 Å². The first-order valence-corrected chi connectivity index (χ1v) is 8.04. The summed E-state index contributed by atoms with van der Waals surface area (Å²) >= 11 is 0. The van der Waals surface area contributed by atoms with Crippen LogP contribution in [0.4, 0.5) is 5.69 Å². The van der Waals surface area contributed by atoms with Crippen LogP contribution in [-0.4, -0.2) is 10.9 Å². The molecule has 0 aliphatic heterocycles. The molecular formula is C21H16N2O2. The lowest BCUT2D eigenvalue weighted by atomic mass is 10.1. The van der Waals surface area contributed by atoms with E-state index in [9.17, 15) is 9.59 Å². The molecule has 0 saturated carbocycles. The third-order valence-electron chi connectivity index (χ3n) is 4.28. The Balaban J connectivity index is 1.76. The van der Waals surface area contributed by atoms with Gasteiger partial charge in [0.05, 0.1) is 0 Å². The summed E-state index contributed by atoms with van der Waals surface area (Å²) in [5, 5.41) is 3.98. The number of aryl methyl sites for hydroxylation is 1. The predicted octanol–water partition coefficient (Wildman–Crippen LogP) is 4.24. The summed E-state index contributed by atoms with van der Waals surface area (Å²) in [7, 11) is 0. The molecule has 0 radical (unpaired) electrons. The molecule has 4 nitrogen and oxygen atoms in total. The first kappa shape index (κ1) is 15.1. The van der Waals surface area contributed by atoms with Crippen LogP contribution in [0.5, 0.6) is 0 Å². The molecule has 0 aliphatic rings. The van der Waals surface area contributed by atoms with E-state index in [1.54, 1.807) is 24.3 Å². The number of rotatable bonds is 2. The van der Waals surface area contributed by atoms with Crippen molar-refractivity contribution in [2.24, 2.45) is 0 Å². The third kappa shape index (κ3) is 2.78. The summed E-state index contributed by atoms with van der Waals surface area (Å²) < 4.78 is 0.